The molecule has 1 heterocycles. The lowest BCUT2D eigenvalue weighted by atomic mass is 9.99. The van der Waals surface area contributed by atoms with E-state index in [1.807, 2.05) is 19.1 Å². The van der Waals surface area contributed by atoms with Gasteiger partial charge in [0.15, 0.2) is 0 Å². The van der Waals surface area contributed by atoms with E-state index in [0.29, 0.717) is 5.92 Å². The van der Waals surface area contributed by atoms with E-state index in [2.05, 4.69) is 17.1 Å². The van der Waals surface area contributed by atoms with Crippen LogP contribution in [0.3, 0.4) is 0 Å². The summed E-state index contributed by atoms with van der Waals surface area (Å²) < 4.78 is 0. The number of hydrogen-bond acceptors (Lipinski definition) is 2. The molecule has 1 rings (SSSR count). The molecule has 2 nitrogen and oxygen atoms in total. The molecule has 0 amide bonds. The van der Waals surface area contributed by atoms with Gasteiger partial charge >= 0.3 is 0 Å². The second-order valence-electron chi connectivity index (χ2n) is 2.84. The molecule has 0 N–H and O–H groups in total. The van der Waals surface area contributed by atoms with E-state index < -0.39 is 0 Å². The van der Waals surface area contributed by atoms with Gasteiger partial charge in [-0.15, -0.1) is 11.6 Å². The minimum Gasteiger partial charge on any atom is -0.159 e. The molecule has 0 aliphatic carbocycles. The molecule has 12 heavy (non-hydrogen) atoms. The molecule has 1 aromatic heterocycles. The van der Waals surface area contributed by atoms with Gasteiger partial charge in [-0.1, -0.05) is 6.92 Å². The van der Waals surface area contributed by atoms with E-state index in [-0.39, 0.29) is 5.38 Å². The average molecular weight is 185 g/mol. The molecule has 0 bridgehead atoms. The Labute approximate surface area is 78.0 Å². The van der Waals surface area contributed by atoms with Crippen LogP contribution in [-0.2, 0) is 0 Å². The number of alkyl halides is 1. The number of rotatable bonds is 3. The Morgan fingerprint density at radius 2 is 2.33 bits per heavy atom. The highest BCUT2D eigenvalue weighted by molar-refractivity contribution is 6.20. The van der Waals surface area contributed by atoms with Gasteiger partial charge in [-0.05, 0) is 25.5 Å². The Hall–Kier alpha value is -0.630. The van der Waals surface area contributed by atoms with Crippen LogP contribution in [0, 0.1) is 0 Å². The Balaban J connectivity index is 2.80. The Morgan fingerprint density at radius 1 is 1.58 bits per heavy atom. The first-order valence-electron chi connectivity index (χ1n) is 4.17. The van der Waals surface area contributed by atoms with E-state index in [1.54, 1.807) is 6.20 Å². The second-order valence-corrected chi connectivity index (χ2v) is 3.53. The third-order valence-electron chi connectivity index (χ3n) is 1.97. The molecule has 0 radical (unpaired) electrons. The van der Waals surface area contributed by atoms with Gasteiger partial charge in [0.2, 0.25) is 0 Å². The smallest absolute Gasteiger partial charge is 0.0676 e. The lowest BCUT2D eigenvalue weighted by Crippen LogP contribution is -2.10. The first kappa shape index (κ1) is 9.46. The summed E-state index contributed by atoms with van der Waals surface area (Å²) in [6.45, 7) is 4.10. The standard InChI is InChI=1S/C9H13ClN2/c1-3-8(7(2)10)9-5-4-6-11-12-9/h4-8H,3H2,1-2H3. The Bertz CT molecular complexity index is 223. The molecule has 0 fully saturated rings. The van der Waals surface area contributed by atoms with Gasteiger partial charge in [0.1, 0.15) is 0 Å². The first-order valence-corrected chi connectivity index (χ1v) is 4.61. The summed E-state index contributed by atoms with van der Waals surface area (Å²) in [5.74, 6) is 0.320. The van der Waals surface area contributed by atoms with Gasteiger partial charge in [0.05, 0.1) is 5.69 Å². The van der Waals surface area contributed by atoms with Gasteiger partial charge in [0, 0.05) is 17.5 Å². The summed E-state index contributed by atoms with van der Waals surface area (Å²) in [5.41, 5.74) is 0.988. The van der Waals surface area contributed by atoms with E-state index in [0.717, 1.165) is 12.1 Å². The normalized spacial score (nSPS) is 15.6. The van der Waals surface area contributed by atoms with Crippen molar-refractivity contribution in [2.24, 2.45) is 0 Å². The van der Waals surface area contributed by atoms with Crippen LogP contribution in [0.4, 0.5) is 0 Å². The predicted octanol–water partition coefficient (Wildman–Crippen LogP) is 2.60. The van der Waals surface area contributed by atoms with Gasteiger partial charge in [-0.2, -0.15) is 10.2 Å². The van der Waals surface area contributed by atoms with Crippen LogP contribution in [0.1, 0.15) is 31.9 Å². The number of nitrogens with zero attached hydrogens (tertiary/aromatic N) is 2. The maximum atomic E-state index is 6.01. The van der Waals surface area contributed by atoms with E-state index in [4.69, 9.17) is 11.6 Å². The molecule has 2 unspecified atom stereocenters. The predicted molar refractivity (Wildman–Crippen MR) is 50.4 cm³/mol. The lowest BCUT2D eigenvalue weighted by Gasteiger charge is -2.15. The lowest BCUT2D eigenvalue weighted by molar-refractivity contribution is 0.619. The minimum absolute atomic E-state index is 0.117. The first-order chi connectivity index (χ1) is 5.75. The quantitative estimate of drug-likeness (QED) is 0.675. The number of halogens is 1. The Kier molecular flexibility index (Phi) is 3.48. The van der Waals surface area contributed by atoms with Crippen LogP contribution in [-0.4, -0.2) is 15.6 Å². The van der Waals surface area contributed by atoms with Crippen LogP contribution in [0.25, 0.3) is 0 Å². The third kappa shape index (κ3) is 2.18. The zero-order chi connectivity index (χ0) is 8.97. The molecule has 0 saturated heterocycles. The zero-order valence-corrected chi connectivity index (χ0v) is 8.12. The zero-order valence-electron chi connectivity index (χ0n) is 7.37. The van der Waals surface area contributed by atoms with Crippen molar-refractivity contribution < 1.29 is 0 Å². The summed E-state index contributed by atoms with van der Waals surface area (Å²) in [4.78, 5) is 0. The maximum absolute atomic E-state index is 6.01. The third-order valence-corrected chi connectivity index (χ3v) is 2.27. The maximum Gasteiger partial charge on any atom is 0.0676 e. The summed E-state index contributed by atoms with van der Waals surface area (Å²) in [6.07, 6.45) is 2.68. The van der Waals surface area contributed by atoms with Crippen LogP contribution in [0.2, 0.25) is 0 Å². The van der Waals surface area contributed by atoms with Crippen molar-refractivity contribution >= 4 is 11.6 Å². The fourth-order valence-electron chi connectivity index (χ4n) is 1.28. The summed E-state index contributed by atoms with van der Waals surface area (Å²) in [6, 6.07) is 3.87. The second kappa shape index (κ2) is 4.41. The molecule has 3 heteroatoms. The molecular weight excluding hydrogens is 172 g/mol. The fourth-order valence-corrected chi connectivity index (χ4v) is 1.59. The van der Waals surface area contributed by atoms with Crippen molar-refractivity contribution in [1.29, 1.82) is 0 Å². The summed E-state index contributed by atoms with van der Waals surface area (Å²) >= 11 is 6.01. The molecule has 0 aliphatic rings. The molecule has 0 saturated carbocycles. The molecule has 0 aliphatic heterocycles. The average Bonchev–Trinajstić information content (AvgIpc) is 2.07. The van der Waals surface area contributed by atoms with Crippen molar-refractivity contribution in [3.8, 4) is 0 Å². The van der Waals surface area contributed by atoms with Gasteiger partial charge in [-0.25, -0.2) is 0 Å². The molecule has 1 aromatic rings. The van der Waals surface area contributed by atoms with Gasteiger partial charge < -0.3 is 0 Å². The number of hydrogen-bond donors (Lipinski definition) is 0. The van der Waals surface area contributed by atoms with Crippen LogP contribution >= 0.6 is 11.6 Å². The van der Waals surface area contributed by atoms with Crippen molar-refractivity contribution in [3.05, 3.63) is 24.0 Å². The highest BCUT2D eigenvalue weighted by Crippen LogP contribution is 2.24. The molecule has 66 valence electrons. The fraction of sp³-hybridized carbons (Fsp3) is 0.556. The molecule has 0 spiro atoms. The summed E-state index contributed by atoms with van der Waals surface area (Å²) in [7, 11) is 0. The number of aromatic nitrogens is 2. The van der Waals surface area contributed by atoms with Crippen LogP contribution in [0.5, 0.6) is 0 Å². The van der Waals surface area contributed by atoms with Crippen molar-refractivity contribution in [2.45, 2.75) is 31.6 Å². The summed E-state index contributed by atoms with van der Waals surface area (Å²) in [5, 5.41) is 7.98. The minimum atomic E-state index is 0.117. The topological polar surface area (TPSA) is 25.8 Å². The van der Waals surface area contributed by atoms with Gasteiger partial charge in [0.25, 0.3) is 0 Å². The molecule has 0 aromatic carbocycles. The highest BCUT2D eigenvalue weighted by atomic mass is 35.5. The van der Waals surface area contributed by atoms with E-state index in [9.17, 15) is 0 Å². The van der Waals surface area contributed by atoms with Gasteiger partial charge in [-0.3, -0.25) is 0 Å². The molecule has 2 atom stereocenters. The van der Waals surface area contributed by atoms with Crippen LogP contribution in [0.15, 0.2) is 18.3 Å². The SMILES string of the molecule is CCC(c1cccnn1)C(C)Cl. The Morgan fingerprint density at radius 3 is 2.75 bits per heavy atom. The largest absolute Gasteiger partial charge is 0.159 e. The monoisotopic (exact) mass is 184 g/mol. The van der Waals surface area contributed by atoms with Crippen molar-refractivity contribution in [1.82, 2.24) is 10.2 Å². The van der Waals surface area contributed by atoms with E-state index in [1.165, 1.54) is 0 Å². The highest BCUT2D eigenvalue weighted by Gasteiger charge is 2.16. The van der Waals surface area contributed by atoms with Crippen molar-refractivity contribution in [3.63, 3.8) is 0 Å². The van der Waals surface area contributed by atoms with Crippen LogP contribution < -0.4 is 0 Å². The van der Waals surface area contributed by atoms with Crippen molar-refractivity contribution in [2.75, 3.05) is 0 Å². The molecular formula is C9H13ClN2. The van der Waals surface area contributed by atoms with E-state index >= 15 is 0 Å².